The van der Waals surface area contributed by atoms with E-state index in [1.807, 2.05) is 42.5 Å². The molecule has 1 aliphatic rings. The third-order valence-electron chi connectivity index (χ3n) is 4.18. The first-order valence-electron chi connectivity index (χ1n) is 9.17. The Morgan fingerprint density at radius 3 is 2.44 bits per heavy atom. The lowest BCUT2D eigenvalue weighted by molar-refractivity contribution is -0.142. The van der Waals surface area contributed by atoms with E-state index in [4.69, 9.17) is 4.74 Å². The highest BCUT2D eigenvalue weighted by atomic mass is 32.2. The lowest BCUT2D eigenvalue weighted by Crippen LogP contribution is -2.31. The molecule has 1 aliphatic heterocycles. The summed E-state index contributed by atoms with van der Waals surface area (Å²) < 4.78 is 5.06. The summed E-state index contributed by atoms with van der Waals surface area (Å²) >= 11 is 1.65. The van der Waals surface area contributed by atoms with Crippen LogP contribution in [0.4, 0.5) is 11.4 Å². The standard InChI is InChI=1S/C22H25NO3S/c1-5-26-21(25)13-15-10-11-19-17(12-15)23(20(24)14-22(2,3)4)16-8-6-7-9-18(16)27-19/h6-12H,5,13-14H2,1-4H3. The number of ether oxygens (including phenoxy) is 1. The molecular formula is C22H25NO3S. The number of carbonyl (C=O) groups excluding carboxylic acids is 2. The van der Waals surface area contributed by atoms with Crippen LogP contribution in [0.25, 0.3) is 0 Å². The zero-order chi connectivity index (χ0) is 19.6. The number of nitrogens with zero attached hydrogens (tertiary/aromatic N) is 1. The molecule has 0 saturated carbocycles. The highest BCUT2D eigenvalue weighted by molar-refractivity contribution is 7.99. The van der Waals surface area contributed by atoms with Crippen LogP contribution in [0.15, 0.2) is 52.3 Å². The van der Waals surface area contributed by atoms with Crippen LogP contribution < -0.4 is 4.90 Å². The molecule has 142 valence electrons. The van der Waals surface area contributed by atoms with Crippen LogP contribution in [0.3, 0.4) is 0 Å². The molecule has 0 aliphatic carbocycles. The number of fused-ring (bicyclic) bond motifs is 2. The summed E-state index contributed by atoms with van der Waals surface area (Å²) in [5.74, 6) is -0.196. The normalized spacial score (nSPS) is 13.0. The van der Waals surface area contributed by atoms with Gasteiger partial charge in [-0.1, -0.05) is 50.7 Å². The summed E-state index contributed by atoms with van der Waals surface area (Å²) in [4.78, 5) is 29.0. The Balaban J connectivity index is 2.01. The molecule has 0 unspecified atom stereocenters. The molecule has 0 bridgehead atoms. The fourth-order valence-electron chi connectivity index (χ4n) is 3.09. The average molecular weight is 384 g/mol. The number of esters is 1. The largest absolute Gasteiger partial charge is 0.466 e. The minimum Gasteiger partial charge on any atom is -0.466 e. The quantitative estimate of drug-likeness (QED) is 0.667. The van der Waals surface area contributed by atoms with Gasteiger partial charge in [-0.25, -0.2) is 0 Å². The van der Waals surface area contributed by atoms with Crippen LogP contribution in [-0.4, -0.2) is 18.5 Å². The van der Waals surface area contributed by atoms with Crippen molar-refractivity contribution in [3.63, 3.8) is 0 Å². The van der Waals surface area contributed by atoms with Gasteiger partial charge >= 0.3 is 5.97 Å². The van der Waals surface area contributed by atoms with E-state index in [1.165, 1.54) is 0 Å². The molecule has 4 nitrogen and oxygen atoms in total. The minimum absolute atomic E-state index is 0.0600. The molecule has 0 N–H and O–H groups in total. The average Bonchev–Trinajstić information content (AvgIpc) is 2.58. The Morgan fingerprint density at radius 2 is 1.74 bits per heavy atom. The number of carbonyl (C=O) groups is 2. The molecule has 0 fully saturated rings. The second kappa shape index (κ2) is 7.77. The molecule has 0 radical (unpaired) electrons. The molecule has 0 aromatic heterocycles. The molecule has 5 heteroatoms. The van der Waals surface area contributed by atoms with Gasteiger partial charge in [-0.3, -0.25) is 14.5 Å². The molecule has 3 rings (SSSR count). The second-order valence-corrected chi connectivity index (χ2v) is 8.90. The maximum absolute atomic E-state index is 13.2. The number of hydrogen-bond donors (Lipinski definition) is 0. The summed E-state index contributed by atoms with van der Waals surface area (Å²) in [5, 5.41) is 0. The van der Waals surface area contributed by atoms with Crippen molar-refractivity contribution in [1.29, 1.82) is 0 Å². The first-order chi connectivity index (χ1) is 12.8. The minimum atomic E-state index is -0.256. The van der Waals surface area contributed by atoms with Crippen LogP contribution in [0.5, 0.6) is 0 Å². The van der Waals surface area contributed by atoms with Crippen LogP contribution in [0.1, 0.15) is 39.7 Å². The number of anilines is 2. The SMILES string of the molecule is CCOC(=O)Cc1ccc2c(c1)N(C(=O)CC(C)(C)C)c1ccccc1S2. The lowest BCUT2D eigenvalue weighted by Gasteiger charge is -2.33. The molecule has 2 aromatic carbocycles. The van der Waals surface area contributed by atoms with Crippen molar-refractivity contribution in [1.82, 2.24) is 0 Å². The van der Waals surface area contributed by atoms with Crippen molar-refractivity contribution in [2.45, 2.75) is 50.3 Å². The number of benzene rings is 2. The van der Waals surface area contributed by atoms with Crippen molar-refractivity contribution in [2.24, 2.45) is 5.41 Å². The third-order valence-corrected chi connectivity index (χ3v) is 5.31. The van der Waals surface area contributed by atoms with Gasteiger partial charge in [-0.05, 0) is 42.2 Å². The summed E-state index contributed by atoms with van der Waals surface area (Å²) in [7, 11) is 0. The first kappa shape index (κ1) is 19.5. The molecule has 0 spiro atoms. The van der Waals surface area contributed by atoms with Crippen molar-refractivity contribution < 1.29 is 14.3 Å². The molecule has 0 atom stereocenters. The number of para-hydroxylation sites is 1. The van der Waals surface area contributed by atoms with Gasteiger partial charge in [-0.2, -0.15) is 0 Å². The summed E-state index contributed by atoms with van der Waals surface area (Å²) in [6, 6.07) is 13.8. The summed E-state index contributed by atoms with van der Waals surface area (Å²) in [6.45, 7) is 8.35. The summed E-state index contributed by atoms with van der Waals surface area (Å²) in [6.07, 6.45) is 0.641. The van der Waals surface area contributed by atoms with Crippen molar-refractivity contribution in [3.05, 3.63) is 48.0 Å². The number of rotatable bonds is 4. The molecule has 0 saturated heterocycles. The van der Waals surface area contributed by atoms with E-state index in [0.29, 0.717) is 13.0 Å². The van der Waals surface area contributed by atoms with E-state index in [0.717, 1.165) is 26.7 Å². The third kappa shape index (κ3) is 4.53. The number of hydrogen-bond acceptors (Lipinski definition) is 4. The van der Waals surface area contributed by atoms with Crippen LogP contribution in [0.2, 0.25) is 0 Å². The van der Waals surface area contributed by atoms with Gasteiger partial charge in [0.25, 0.3) is 0 Å². The van der Waals surface area contributed by atoms with Crippen LogP contribution >= 0.6 is 11.8 Å². The van der Waals surface area contributed by atoms with E-state index in [1.54, 1.807) is 23.6 Å². The monoisotopic (exact) mass is 383 g/mol. The summed E-state index contributed by atoms with van der Waals surface area (Å²) in [5.41, 5.74) is 2.48. The molecular weight excluding hydrogens is 358 g/mol. The zero-order valence-corrected chi connectivity index (χ0v) is 17.1. The fourth-order valence-corrected chi connectivity index (χ4v) is 4.13. The topological polar surface area (TPSA) is 46.6 Å². The molecule has 1 heterocycles. The van der Waals surface area contributed by atoms with E-state index in [2.05, 4.69) is 20.8 Å². The predicted octanol–water partition coefficient (Wildman–Crippen LogP) is 5.36. The maximum atomic E-state index is 13.2. The lowest BCUT2D eigenvalue weighted by atomic mass is 9.91. The second-order valence-electron chi connectivity index (χ2n) is 7.82. The fraction of sp³-hybridized carbons (Fsp3) is 0.364. The van der Waals surface area contributed by atoms with E-state index in [-0.39, 0.29) is 23.7 Å². The highest BCUT2D eigenvalue weighted by Gasteiger charge is 2.30. The van der Waals surface area contributed by atoms with E-state index >= 15 is 0 Å². The van der Waals surface area contributed by atoms with Crippen molar-refractivity contribution in [2.75, 3.05) is 11.5 Å². The molecule has 27 heavy (non-hydrogen) atoms. The maximum Gasteiger partial charge on any atom is 0.310 e. The Kier molecular flexibility index (Phi) is 5.61. The smallest absolute Gasteiger partial charge is 0.310 e. The van der Waals surface area contributed by atoms with Crippen molar-refractivity contribution in [3.8, 4) is 0 Å². The van der Waals surface area contributed by atoms with Gasteiger partial charge < -0.3 is 4.74 Å². The van der Waals surface area contributed by atoms with E-state index in [9.17, 15) is 9.59 Å². The molecule has 2 aromatic rings. The van der Waals surface area contributed by atoms with Gasteiger partial charge in [0.15, 0.2) is 0 Å². The van der Waals surface area contributed by atoms with Crippen molar-refractivity contribution >= 4 is 35.0 Å². The van der Waals surface area contributed by atoms with Gasteiger partial charge in [0.1, 0.15) is 0 Å². The van der Waals surface area contributed by atoms with Crippen LogP contribution in [-0.2, 0) is 20.7 Å². The predicted molar refractivity (Wildman–Crippen MR) is 109 cm³/mol. The Morgan fingerprint density at radius 1 is 1.04 bits per heavy atom. The molecule has 1 amide bonds. The Hall–Kier alpha value is -2.27. The van der Waals surface area contributed by atoms with Gasteiger partial charge in [0.2, 0.25) is 5.91 Å². The van der Waals surface area contributed by atoms with Gasteiger partial charge in [0.05, 0.1) is 24.4 Å². The van der Waals surface area contributed by atoms with Gasteiger partial charge in [-0.15, -0.1) is 0 Å². The Bertz CT molecular complexity index is 870. The number of amides is 1. The highest BCUT2D eigenvalue weighted by Crippen LogP contribution is 2.49. The Labute approximate surface area is 164 Å². The van der Waals surface area contributed by atoms with Gasteiger partial charge in [0, 0.05) is 16.2 Å². The zero-order valence-electron chi connectivity index (χ0n) is 16.2. The first-order valence-corrected chi connectivity index (χ1v) is 9.98. The van der Waals surface area contributed by atoms with Crippen LogP contribution in [0, 0.1) is 5.41 Å². The van der Waals surface area contributed by atoms with E-state index < -0.39 is 0 Å².